The van der Waals surface area contributed by atoms with Crippen molar-refractivity contribution in [1.29, 1.82) is 0 Å². The highest BCUT2D eigenvalue weighted by molar-refractivity contribution is 5.55. The Morgan fingerprint density at radius 1 is 1.04 bits per heavy atom. The number of rotatable bonds is 7. The van der Waals surface area contributed by atoms with Crippen LogP contribution in [0.1, 0.15) is 11.1 Å². The number of nitrogens with zero attached hydrogens (tertiary/aromatic N) is 4. The van der Waals surface area contributed by atoms with Gasteiger partial charge in [-0.1, -0.05) is 60.7 Å². The zero-order chi connectivity index (χ0) is 17.6. The largest absolute Gasteiger partial charge is 0.406 e. The second-order valence-corrected chi connectivity index (χ2v) is 5.90. The van der Waals surface area contributed by atoms with E-state index in [0.717, 1.165) is 12.0 Å². The second kappa shape index (κ2) is 7.61. The molecule has 0 radical (unpaired) electrons. The monoisotopic (exact) mass is 336 g/mol. The molecule has 0 aliphatic rings. The van der Waals surface area contributed by atoms with Gasteiger partial charge in [0.25, 0.3) is 0 Å². The molecule has 0 saturated heterocycles. The first-order valence-corrected chi connectivity index (χ1v) is 8.13. The molecule has 1 heterocycles. The summed E-state index contributed by atoms with van der Waals surface area (Å²) in [6, 6.07) is 20.1. The Kier molecular flexibility index (Phi) is 5.09. The zero-order valence-corrected chi connectivity index (χ0v) is 14.1. The van der Waals surface area contributed by atoms with Gasteiger partial charge >= 0.3 is 5.82 Å². The number of imidazole rings is 1. The van der Waals surface area contributed by atoms with Crippen LogP contribution in [0.15, 0.2) is 67.0 Å². The molecule has 25 heavy (non-hydrogen) atoms. The van der Waals surface area contributed by atoms with Gasteiger partial charge in [-0.25, -0.2) is 0 Å². The van der Waals surface area contributed by atoms with Crippen LogP contribution >= 0.6 is 0 Å². The zero-order valence-electron chi connectivity index (χ0n) is 14.1. The summed E-state index contributed by atoms with van der Waals surface area (Å²) in [7, 11) is 1.79. The molecule has 0 aliphatic carbocycles. The van der Waals surface area contributed by atoms with E-state index in [4.69, 9.17) is 0 Å². The third-order valence-corrected chi connectivity index (χ3v) is 4.09. The molecule has 3 rings (SSSR count). The van der Waals surface area contributed by atoms with Crippen LogP contribution in [0.5, 0.6) is 0 Å². The summed E-state index contributed by atoms with van der Waals surface area (Å²) in [5, 5.41) is 11.4. The molecule has 1 aromatic heterocycles. The molecular formula is C19H20N4O2. The fourth-order valence-electron chi connectivity index (χ4n) is 2.88. The second-order valence-electron chi connectivity index (χ2n) is 5.90. The molecule has 0 N–H and O–H groups in total. The summed E-state index contributed by atoms with van der Waals surface area (Å²) in [4.78, 5) is 16.9. The minimum absolute atomic E-state index is 0.105. The first-order valence-electron chi connectivity index (χ1n) is 8.13. The molecule has 6 nitrogen and oxygen atoms in total. The number of aryl methyl sites for hydroxylation is 1. The maximum atomic E-state index is 11.4. The van der Waals surface area contributed by atoms with E-state index in [2.05, 4.69) is 17.1 Å². The lowest BCUT2D eigenvalue weighted by molar-refractivity contribution is -0.388. The summed E-state index contributed by atoms with van der Waals surface area (Å²) < 4.78 is 1.71. The molecule has 0 spiro atoms. The quantitative estimate of drug-likeness (QED) is 0.489. The molecule has 0 unspecified atom stereocenters. The molecule has 0 atom stereocenters. The van der Waals surface area contributed by atoms with Gasteiger partial charge in [-0.05, 0) is 27.5 Å². The maximum Gasteiger partial charge on any atom is 0.406 e. The van der Waals surface area contributed by atoms with Gasteiger partial charge < -0.3 is 15.0 Å². The normalized spacial score (nSPS) is 10.6. The lowest BCUT2D eigenvalue weighted by atomic mass is 10.1. The number of nitro groups is 1. The van der Waals surface area contributed by atoms with E-state index in [9.17, 15) is 10.1 Å². The molecule has 0 saturated carbocycles. The van der Waals surface area contributed by atoms with Gasteiger partial charge in [-0.15, -0.1) is 0 Å². The van der Waals surface area contributed by atoms with Crippen molar-refractivity contribution < 1.29 is 4.92 Å². The molecular weight excluding hydrogens is 316 g/mol. The van der Waals surface area contributed by atoms with Crippen molar-refractivity contribution in [2.45, 2.75) is 13.0 Å². The van der Waals surface area contributed by atoms with E-state index >= 15 is 0 Å². The predicted molar refractivity (Wildman–Crippen MR) is 97.5 cm³/mol. The first-order chi connectivity index (χ1) is 12.1. The highest BCUT2D eigenvalue weighted by Crippen LogP contribution is 2.27. The fourth-order valence-corrected chi connectivity index (χ4v) is 2.88. The first kappa shape index (κ1) is 16.7. The summed E-state index contributed by atoms with van der Waals surface area (Å²) in [5.41, 5.74) is 2.30. The highest BCUT2D eigenvalue weighted by Gasteiger charge is 2.25. The van der Waals surface area contributed by atoms with Crippen molar-refractivity contribution >= 4 is 11.6 Å². The average Bonchev–Trinajstić information content (AvgIpc) is 3.02. The van der Waals surface area contributed by atoms with Crippen LogP contribution in [0.2, 0.25) is 0 Å². The Balaban J connectivity index is 1.89. The van der Waals surface area contributed by atoms with Gasteiger partial charge in [0.15, 0.2) is 0 Å². The van der Waals surface area contributed by atoms with Gasteiger partial charge in [0, 0.05) is 20.1 Å². The van der Waals surface area contributed by atoms with Crippen molar-refractivity contribution in [2.24, 2.45) is 7.05 Å². The third kappa shape index (κ3) is 4.03. The van der Waals surface area contributed by atoms with E-state index in [0.29, 0.717) is 18.9 Å². The number of hydrogen-bond donors (Lipinski definition) is 0. The molecule has 0 bridgehead atoms. The van der Waals surface area contributed by atoms with Crippen LogP contribution < -0.4 is 4.90 Å². The van der Waals surface area contributed by atoms with Gasteiger partial charge in [0.1, 0.15) is 0 Å². The Labute approximate surface area is 146 Å². The summed E-state index contributed by atoms with van der Waals surface area (Å²) in [5.74, 6) is 0.427. The van der Waals surface area contributed by atoms with Crippen LogP contribution in [-0.4, -0.2) is 21.0 Å². The average molecular weight is 336 g/mol. The van der Waals surface area contributed by atoms with Crippen LogP contribution in [-0.2, 0) is 20.0 Å². The van der Waals surface area contributed by atoms with Gasteiger partial charge in [-0.2, -0.15) is 0 Å². The highest BCUT2D eigenvalue weighted by atomic mass is 16.6. The lowest BCUT2D eigenvalue weighted by Gasteiger charge is -2.24. The van der Waals surface area contributed by atoms with Crippen molar-refractivity contribution in [3.63, 3.8) is 0 Å². The van der Waals surface area contributed by atoms with Crippen molar-refractivity contribution in [1.82, 2.24) is 9.55 Å². The summed E-state index contributed by atoms with van der Waals surface area (Å²) in [6.45, 7) is 1.26. The van der Waals surface area contributed by atoms with Gasteiger partial charge in [-0.3, -0.25) is 4.57 Å². The predicted octanol–water partition coefficient (Wildman–Crippen LogP) is 3.58. The topological polar surface area (TPSA) is 64.2 Å². The smallest absolute Gasteiger partial charge is 0.358 e. The number of anilines is 1. The van der Waals surface area contributed by atoms with Crippen LogP contribution in [0, 0.1) is 10.1 Å². The van der Waals surface area contributed by atoms with Crippen LogP contribution in [0.3, 0.4) is 0 Å². The Morgan fingerprint density at radius 3 is 2.24 bits per heavy atom. The minimum Gasteiger partial charge on any atom is -0.358 e. The molecule has 6 heteroatoms. The number of aromatic nitrogens is 2. The van der Waals surface area contributed by atoms with E-state index in [1.165, 1.54) is 11.9 Å². The molecule has 2 aromatic carbocycles. The summed E-state index contributed by atoms with van der Waals surface area (Å²) in [6.07, 6.45) is 2.30. The number of benzene rings is 2. The lowest BCUT2D eigenvalue weighted by Crippen LogP contribution is -2.27. The Bertz CT molecular complexity index is 831. The standard InChI is InChI=1S/C19H20N4O2/c1-21-15-20-18(23(24)25)19(21)22(14-17-10-6-3-7-11-17)13-12-16-8-4-2-5-9-16/h2-11,15H,12-14H2,1H3. The van der Waals surface area contributed by atoms with Crippen molar-refractivity contribution in [3.05, 3.63) is 88.2 Å². The number of hydrogen-bond acceptors (Lipinski definition) is 4. The molecule has 0 aliphatic heterocycles. The molecule has 128 valence electrons. The SMILES string of the molecule is Cn1cnc([N+](=O)[O-])c1N(CCc1ccccc1)Cc1ccccc1. The van der Waals surface area contributed by atoms with E-state index in [-0.39, 0.29) is 5.82 Å². The van der Waals surface area contributed by atoms with Gasteiger partial charge in [0.05, 0.1) is 0 Å². The van der Waals surface area contributed by atoms with Crippen LogP contribution in [0.25, 0.3) is 0 Å². The fraction of sp³-hybridized carbons (Fsp3) is 0.211. The van der Waals surface area contributed by atoms with Crippen molar-refractivity contribution in [3.8, 4) is 0 Å². The van der Waals surface area contributed by atoms with E-state index < -0.39 is 4.92 Å². The maximum absolute atomic E-state index is 11.4. The van der Waals surface area contributed by atoms with Gasteiger partial charge in [0.2, 0.25) is 12.1 Å². The van der Waals surface area contributed by atoms with Crippen LogP contribution in [0.4, 0.5) is 11.6 Å². The van der Waals surface area contributed by atoms with Crippen molar-refractivity contribution in [2.75, 3.05) is 11.4 Å². The third-order valence-electron chi connectivity index (χ3n) is 4.09. The van der Waals surface area contributed by atoms with E-state index in [1.54, 1.807) is 11.6 Å². The Hall–Kier alpha value is -3.15. The molecule has 0 amide bonds. The van der Waals surface area contributed by atoms with E-state index in [1.807, 2.05) is 53.4 Å². The Morgan fingerprint density at radius 2 is 1.64 bits per heavy atom. The molecule has 0 fully saturated rings. The minimum atomic E-state index is -0.421. The summed E-state index contributed by atoms with van der Waals surface area (Å²) >= 11 is 0. The molecule has 3 aromatic rings.